The maximum atomic E-state index is 13.8. The Bertz CT molecular complexity index is 1650. The molecule has 3 aromatic rings. The first kappa shape index (κ1) is 35.2. The number of nitrogens with zero attached hydrogens (tertiary/aromatic N) is 4. The first-order valence-corrected chi connectivity index (χ1v) is 16.7. The van der Waals surface area contributed by atoms with Gasteiger partial charge < -0.3 is 29.7 Å². The van der Waals surface area contributed by atoms with Crippen molar-refractivity contribution < 1.29 is 33.4 Å². The minimum absolute atomic E-state index is 0.105. The van der Waals surface area contributed by atoms with Crippen molar-refractivity contribution in [1.82, 2.24) is 30.5 Å². The summed E-state index contributed by atoms with van der Waals surface area (Å²) in [7, 11) is 1.51. The molecule has 13 heteroatoms. The minimum atomic E-state index is -0.997. The zero-order valence-corrected chi connectivity index (χ0v) is 28.3. The number of aromatic nitrogens is 3. The second-order valence-corrected chi connectivity index (χ2v) is 12.6. The Hall–Kier alpha value is -5.07. The summed E-state index contributed by atoms with van der Waals surface area (Å²) in [5.41, 5.74) is 1.34. The standard InChI is InChI=1S/C36H44N6O7/c1-4-48-35(46)36(18-25-9-10-25)19-26-11-12-29(47-3)30(17-26)49-22-32(44)38-14-16-42(15-6-8-31(43)40-23-36)34(45)28-21-39-33(41-24(28)2)27-7-5-13-37-20-27/h5,7,11-13,17,20-21,25H,4,6,8-10,14-16,18-19,22-23H2,1-3H3,(H,38,44)(H,40,43). The van der Waals surface area contributed by atoms with E-state index in [9.17, 15) is 19.2 Å². The highest BCUT2D eigenvalue weighted by atomic mass is 16.5. The van der Waals surface area contributed by atoms with Crippen LogP contribution in [0.25, 0.3) is 11.4 Å². The molecule has 49 heavy (non-hydrogen) atoms. The summed E-state index contributed by atoms with van der Waals surface area (Å²) >= 11 is 0. The van der Waals surface area contributed by atoms with Crippen molar-refractivity contribution in [3.8, 4) is 22.9 Å². The molecule has 1 aliphatic heterocycles. The molecule has 5 rings (SSSR count). The molecule has 2 bridgehead atoms. The van der Waals surface area contributed by atoms with Gasteiger partial charge in [-0.25, -0.2) is 9.97 Å². The van der Waals surface area contributed by atoms with Crippen molar-refractivity contribution in [1.29, 1.82) is 0 Å². The van der Waals surface area contributed by atoms with Crippen LogP contribution in [-0.2, 0) is 25.5 Å². The Morgan fingerprint density at radius 1 is 1.10 bits per heavy atom. The van der Waals surface area contributed by atoms with Gasteiger partial charge in [-0.3, -0.25) is 24.2 Å². The van der Waals surface area contributed by atoms with E-state index in [4.69, 9.17) is 14.2 Å². The summed E-state index contributed by atoms with van der Waals surface area (Å²) in [5, 5.41) is 5.83. The smallest absolute Gasteiger partial charge is 0.314 e. The molecule has 3 heterocycles. The number of nitrogens with one attached hydrogen (secondary N) is 2. The number of pyridine rings is 1. The first-order chi connectivity index (χ1) is 23.7. The number of fused-ring (bicyclic) bond motifs is 2. The van der Waals surface area contributed by atoms with Crippen LogP contribution in [0.15, 0.2) is 48.9 Å². The normalized spacial score (nSPS) is 19.4. The van der Waals surface area contributed by atoms with E-state index in [-0.39, 0.29) is 69.5 Å². The quantitative estimate of drug-likeness (QED) is 0.356. The second kappa shape index (κ2) is 16.4. The van der Waals surface area contributed by atoms with Crippen LogP contribution >= 0.6 is 0 Å². The number of amides is 3. The van der Waals surface area contributed by atoms with Gasteiger partial charge in [-0.2, -0.15) is 0 Å². The Kier molecular flexibility index (Phi) is 11.8. The molecular formula is C36H44N6O7. The predicted molar refractivity (Wildman–Crippen MR) is 180 cm³/mol. The minimum Gasteiger partial charge on any atom is -0.493 e. The van der Waals surface area contributed by atoms with Gasteiger partial charge in [0.05, 0.1) is 30.4 Å². The van der Waals surface area contributed by atoms with Crippen LogP contribution in [-0.4, -0.2) is 90.0 Å². The molecule has 0 radical (unpaired) electrons. The maximum absolute atomic E-state index is 13.8. The van der Waals surface area contributed by atoms with Crippen LogP contribution in [0.2, 0.25) is 0 Å². The van der Waals surface area contributed by atoms with Crippen LogP contribution < -0.4 is 20.1 Å². The van der Waals surface area contributed by atoms with E-state index >= 15 is 0 Å². The third-order valence-corrected chi connectivity index (χ3v) is 8.79. The molecule has 1 fully saturated rings. The van der Waals surface area contributed by atoms with Gasteiger partial charge >= 0.3 is 5.97 Å². The summed E-state index contributed by atoms with van der Waals surface area (Å²) in [4.78, 5) is 68.1. The van der Waals surface area contributed by atoms with Gasteiger partial charge in [0, 0.05) is 56.8 Å². The van der Waals surface area contributed by atoms with Crippen LogP contribution in [0.5, 0.6) is 11.5 Å². The van der Waals surface area contributed by atoms with E-state index in [1.54, 1.807) is 49.3 Å². The van der Waals surface area contributed by atoms with Crippen LogP contribution in [0.4, 0.5) is 0 Å². The van der Waals surface area contributed by atoms with E-state index in [0.717, 1.165) is 24.0 Å². The molecule has 0 spiro atoms. The van der Waals surface area contributed by atoms with Gasteiger partial charge in [0.25, 0.3) is 11.8 Å². The average Bonchev–Trinajstić information content (AvgIpc) is 3.92. The number of hydrogen-bond donors (Lipinski definition) is 2. The number of carbonyl (C=O) groups excluding carboxylic acids is 4. The maximum Gasteiger partial charge on any atom is 0.314 e. The predicted octanol–water partition coefficient (Wildman–Crippen LogP) is 3.30. The fourth-order valence-corrected chi connectivity index (χ4v) is 6.04. The summed E-state index contributed by atoms with van der Waals surface area (Å²) in [6.45, 7) is 4.14. The molecule has 2 N–H and O–H groups in total. The fraction of sp³-hybridized carbons (Fsp3) is 0.472. The van der Waals surface area contributed by atoms with Crippen LogP contribution in [0, 0.1) is 18.3 Å². The van der Waals surface area contributed by atoms with Crippen LogP contribution in [0.3, 0.4) is 0 Å². The molecule has 1 aliphatic carbocycles. The van der Waals surface area contributed by atoms with E-state index in [2.05, 4.69) is 25.6 Å². The third kappa shape index (κ3) is 9.30. The Morgan fingerprint density at radius 2 is 1.94 bits per heavy atom. The highest BCUT2D eigenvalue weighted by Gasteiger charge is 2.45. The number of carbonyl (C=O) groups is 4. The lowest BCUT2D eigenvalue weighted by Crippen LogP contribution is -2.46. The van der Waals surface area contributed by atoms with Crippen molar-refractivity contribution >= 4 is 23.7 Å². The highest BCUT2D eigenvalue weighted by Crippen LogP contribution is 2.43. The van der Waals surface area contributed by atoms with E-state index in [0.29, 0.717) is 53.8 Å². The molecule has 3 amide bonds. The molecule has 2 aliphatic rings. The Balaban J connectivity index is 1.38. The van der Waals surface area contributed by atoms with Crippen molar-refractivity contribution in [2.45, 2.75) is 52.4 Å². The highest BCUT2D eigenvalue weighted by molar-refractivity contribution is 5.95. The first-order valence-electron chi connectivity index (χ1n) is 16.7. The molecule has 260 valence electrons. The zero-order chi connectivity index (χ0) is 34.8. The zero-order valence-electron chi connectivity index (χ0n) is 28.3. The number of benzene rings is 1. The van der Waals surface area contributed by atoms with Gasteiger partial charge in [-0.15, -0.1) is 0 Å². The number of ether oxygens (including phenoxy) is 3. The van der Waals surface area contributed by atoms with Gasteiger partial charge in [0.15, 0.2) is 23.9 Å². The number of esters is 1. The lowest BCUT2D eigenvalue weighted by atomic mass is 9.76. The van der Waals surface area contributed by atoms with Crippen LogP contribution in [0.1, 0.15) is 60.6 Å². The number of hydrogen-bond acceptors (Lipinski definition) is 10. The van der Waals surface area contributed by atoms with Gasteiger partial charge in [0.1, 0.15) is 0 Å². The van der Waals surface area contributed by atoms with E-state index in [1.165, 1.54) is 13.3 Å². The molecule has 13 nitrogen and oxygen atoms in total. The second-order valence-electron chi connectivity index (χ2n) is 12.6. The van der Waals surface area contributed by atoms with Gasteiger partial charge in [0.2, 0.25) is 5.91 Å². The molecular weight excluding hydrogens is 628 g/mol. The lowest BCUT2D eigenvalue weighted by Gasteiger charge is -2.32. The monoisotopic (exact) mass is 672 g/mol. The van der Waals surface area contributed by atoms with Crippen molar-refractivity contribution in [2.24, 2.45) is 11.3 Å². The molecule has 1 saturated carbocycles. The summed E-state index contributed by atoms with van der Waals surface area (Å²) in [6, 6.07) is 8.99. The largest absolute Gasteiger partial charge is 0.493 e. The molecule has 2 aromatic heterocycles. The number of methoxy groups -OCH3 is 1. The molecule has 0 saturated heterocycles. The topological polar surface area (TPSA) is 162 Å². The molecule has 1 unspecified atom stereocenters. The number of rotatable bonds is 7. The Labute approximate surface area is 286 Å². The summed E-state index contributed by atoms with van der Waals surface area (Å²) in [6.07, 6.45) is 8.20. The van der Waals surface area contributed by atoms with Crippen molar-refractivity contribution in [3.05, 3.63) is 65.7 Å². The van der Waals surface area contributed by atoms with Crippen molar-refractivity contribution in [3.63, 3.8) is 0 Å². The van der Waals surface area contributed by atoms with E-state index < -0.39 is 5.41 Å². The molecule has 1 aromatic carbocycles. The fourth-order valence-electron chi connectivity index (χ4n) is 6.04. The van der Waals surface area contributed by atoms with Gasteiger partial charge in [-0.1, -0.05) is 18.9 Å². The summed E-state index contributed by atoms with van der Waals surface area (Å²) in [5.74, 6) is 0.316. The lowest BCUT2D eigenvalue weighted by molar-refractivity contribution is -0.156. The van der Waals surface area contributed by atoms with E-state index in [1.807, 2.05) is 12.1 Å². The summed E-state index contributed by atoms with van der Waals surface area (Å²) < 4.78 is 17.0. The average molecular weight is 673 g/mol. The number of aryl methyl sites for hydroxylation is 1. The van der Waals surface area contributed by atoms with Crippen molar-refractivity contribution in [2.75, 3.05) is 46.5 Å². The van der Waals surface area contributed by atoms with Gasteiger partial charge in [-0.05, 0) is 68.9 Å². The third-order valence-electron chi connectivity index (χ3n) is 8.79. The SMILES string of the molecule is CCOC(=O)C1(CC2CC2)CNC(=O)CCCN(C(=O)c2cnc(-c3cccnc3)nc2C)CCNC(=O)COc2cc(ccc2OC)C1. The Morgan fingerprint density at radius 3 is 2.65 bits per heavy atom. The molecule has 1 atom stereocenters.